The van der Waals surface area contributed by atoms with E-state index < -0.39 is 0 Å². The molecule has 0 aliphatic carbocycles. The molecule has 0 fully saturated rings. The van der Waals surface area contributed by atoms with E-state index in [0.717, 1.165) is 38.6 Å². The highest BCUT2D eigenvalue weighted by Crippen LogP contribution is 2.22. The number of halogens is 1. The highest BCUT2D eigenvalue weighted by molar-refractivity contribution is 9.10. The molecule has 0 atom stereocenters. The van der Waals surface area contributed by atoms with Gasteiger partial charge >= 0.3 is 0 Å². The van der Waals surface area contributed by atoms with Crippen LogP contribution in [0.1, 0.15) is 23.6 Å². The van der Waals surface area contributed by atoms with Crippen molar-refractivity contribution in [3.8, 4) is 5.69 Å². The van der Waals surface area contributed by atoms with Crippen LogP contribution >= 0.6 is 28.6 Å². The maximum absolute atomic E-state index is 4.71. The lowest BCUT2D eigenvalue weighted by molar-refractivity contribution is 0.288. The highest BCUT2D eigenvalue weighted by Gasteiger charge is 2.24. The van der Waals surface area contributed by atoms with Crippen LogP contribution in [0.2, 0.25) is 0 Å². The summed E-state index contributed by atoms with van der Waals surface area (Å²) in [6.07, 6.45) is 2.80. The number of hydrogen-bond acceptors (Lipinski definition) is 6. The van der Waals surface area contributed by atoms with Gasteiger partial charge in [-0.15, -0.1) is 23.3 Å². The summed E-state index contributed by atoms with van der Waals surface area (Å²) in [5, 5.41) is 11.6. The predicted octanol–water partition coefficient (Wildman–Crippen LogP) is 3.67. The zero-order valence-corrected chi connectivity index (χ0v) is 17.2. The van der Waals surface area contributed by atoms with Gasteiger partial charge < -0.3 is 0 Å². The van der Waals surface area contributed by atoms with Gasteiger partial charge in [0, 0.05) is 4.47 Å². The number of thiol groups is 1. The van der Waals surface area contributed by atoms with Gasteiger partial charge in [0.2, 0.25) is 0 Å². The molecule has 1 aliphatic rings. The fourth-order valence-electron chi connectivity index (χ4n) is 2.91. The second-order valence-electron chi connectivity index (χ2n) is 6.19. The third-order valence-electron chi connectivity index (χ3n) is 4.43. The lowest BCUT2D eigenvalue weighted by Gasteiger charge is -2.18. The molecule has 4 rings (SSSR count). The molecule has 0 spiro atoms. The molecule has 1 aromatic heterocycles. The number of benzene rings is 2. The lowest BCUT2D eigenvalue weighted by atomic mass is 10.1. The fourth-order valence-corrected chi connectivity index (χ4v) is 3.49. The van der Waals surface area contributed by atoms with Crippen molar-refractivity contribution in [2.45, 2.75) is 24.9 Å². The van der Waals surface area contributed by atoms with Crippen molar-refractivity contribution in [2.75, 3.05) is 0 Å². The molecule has 8 heteroatoms. The quantitative estimate of drug-likeness (QED) is 0.527. The molecule has 6 nitrogen and oxygen atoms in total. The van der Waals surface area contributed by atoms with Gasteiger partial charge in [-0.1, -0.05) is 47.1 Å². The van der Waals surface area contributed by atoms with Crippen LogP contribution in [0, 0.1) is 0 Å². The number of aryl methyl sites for hydroxylation is 1. The minimum Gasteiger partial charge on any atom is -0.266 e. The largest absolute Gasteiger partial charge is 0.266 e. The number of amidine groups is 1. The summed E-state index contributed by atoms with van der Waals surface area (Å²) in [5.74, 6) is 0.749. The third kappa shape index (κ3) is 3.73. The van der Waals surface area contributed by atoms with E-state index in [1.165, 1.54) is 5.56 Å². The Balaban J connectivity index is 1.59. The smallest absolute Gasteiger partial charge is 0.177 e. The zero-order chi connectivity index (χ0) is 18.8. The lowest BCUT2D eigenvalue weighted by Crippen LogP contribution is -2.40. The summed E-state index contributed by atoms with van der Waals surface area (Å²) in [7, 11) is 0. The summed E-state index contributed by atoms with van der Waals surface area (Å²) in [4.78, 5) is 0. The molecule has 0 saturated carbocycles. The molecule has 3 aromatic rings. The molecule has 2 N–H and O–H groups in total. The van der Waals surface area contributed by atoms with Crippen molar-refractivity contribution in [1.82, 2.24) is 25.9 Å². The van der Waals surface area contributed by atoms with Crippen LogP contribution in [0.25, 0.3) is 5.69 Å². The molecule has 27 heavy (non-hydrogen) atoms. The van der Waals surface area contributed by atoms with Crippen molar-refractivity contribution >= 4 is 34.4 Å². The normalized spacial score (nSPS) is 13.6. The Morgan fingerprint density at radius 1 is 1.04 bits per heavy atom. The Bertz CT molecular complexity index is 965. The summed E-state index contributed by atoms with van der Waals surface area (Å²) >= 11 is 8.17. The van der Waals surface area contributed by atoms with Crippen LogP contribution in [0.15, 0.2) is 69.3 Å². The van der Waals surface area contributed by atoms with Crippen molar-refractivity contribution in [3.63, 3.8) is 0 Å². The average molecular weight is 443 g/mol. The Labute approximate surface area is 171 Å². The summed E-state index contributed by atoms with van der Waals surface area (Å²) in [6, 6.07) is 16.5. The molecule has 0 saturated heterocycles. The molecule has 0 unspecified atom stereocenters. The number of nitrogens with one attached hydrogen (secondary N) is 2. The standard InChI is InChI=1S/C19H19BrN6S/c1-2-13-5-9-16(10-6-13)26-19(27)17(11-21-26)18-22-23-24-25(18)12-14-3-7-15(20)8-4-14/h3-11,23-24,27H,2,12H2,1H3. The molecule has 2 heterocycles. The summed E-state index contributed by atoms with van der Waals surface area (Å²) in [6.45, 7) is 2.80. The first kappa shape index (κ1) is 18.1. The number of rotatable bonds is 5. The first-order valence-corrected chi connectivity index (χ1v) is 9.86. The first-order valence-electron chi connectivity index (χ1n) is 8.62. The second-order valence-corrected chi connectivity index (χ2v) is 7.52. The molecule has 1 aliphatic heterocycles. The summed E-state index contributed by atoms with van der Waals surface area (Å²) < 4.78 is 2.87. The van der Waals surface area contributed by atoms with Crippen molar-refractivity contribution in [1.29, 1.82) is 0 Å². The van der Waals surface area contributed by atoms with Gasteiger partial charge in [0.25, 0.3) is 0 Å². The van der Waals surface area contributed by atoms with E-state index in [1.807, 2.05) is 21.8 Å². The van der Waals surface area contributed by atoms with E-state index in [1.54, 1.807) is 6.20 Å². The molecular weight excluding hydrogens is 424 g/mol. The van der Waals surface area contributed by atoms with Gasteiger partial charge in [-0.2, -0.15) is 5.10 Å². The van der Waals surface area contributed by atoms with E-state index in [0.29, 0.717) is 6.54 Å². The van der Waals surface area contributed by atoms with Crippen molar-refractivity contribution < 1.29 is 0 Å². The number of hydrazine groups is 2. The van der Waals surface area contributed by atoms with Crippen molar-refractivity contribution in [3.05, 3.63) is 75.9 Å². The first-order chi connectivity index (χ1) is 13.2. The van der Waals surface area contributed by atoms with E-state index >= 15 is 0 Å². The summed E-state index contributed by atoms with van der Waals surface area (Å²) in [5.41, 5.74) is 10.2. The van der Waals surface area contributed by atoms with Gasteiger partial charge in [0.05, 0.1) is 24.0 Å². The Kier molecular flexibility index (Phi) is 5.20. The minimum absolute atomic E-state index is 0.655. The number of nitrogens with zero attached hydrogens (tertiary/aromatic N) is 4. The molecule has 2 aromatic carbocycles. The Morgan fingerprint density at radius 2 is 1.74 bits per heavy atom. The van der Waals surface area contributed by atoms with Crippen LogP contribution in [0.5, 0.6) is 0 Å². The number of hydrogen-bond donors (Lipinski definition) is 3. The van der Waals surface area contributed by atoms with Crippen LogP contribution in [0.4, 0.5) is 0 Å². The Hall–Kier alpha value is -2.29. The van der Waals surface area contributed by atoms with Crippen LogP contribution in [0.3, 0.4) is 0 Å². The number of aromatic nitrogens is 2. The van der Waals surface area contributed by atoms with E-state index in [9.17, 15) is 0 Å². The predicted molar refractivity (Wildman–Crippen MR) is 113 cm³/mol. The molecule has 138 valence electrons. The fraction of sp³-hybridized carbons (Fsp3) is 0.158. The van der Waals surface area contributed by atoms with Gasteiger partial charge in [0.1, 0.15) is 5.03 Å². The topological polar surface area (TPSA) is 57.5 Å². The Morgan fingerprint density at radius 3 is 2.44 bits per heavy atom. The number of hydrazone groups is 1. The third-order valence-corrected chi connectivity index (χ3v) is 5.39. The van der Waals surface area contributed by atoms with E-state index in [2.05, 4.69) is 80.5 Å². The zero-order valence-electron chi connectivity index (χ0n) is 14.7. The van der Waals surface area contributed by atoms with Crippen LogP contribution in [-0.2, 0) is 13.0 Å². The van der Waals surface area contributed by atoms with E-state index in [4.69, 9.17) is 12.6 Å². The SMILES string of the molecule is CCc1ccc(-n2ncc(C3=NNNN3Cc3ccc(Br)cc3)c2S)cc1. The minimum atomic E-state index is 0.655. The van der Waals surface area contributed by atoms with Crippen LogP contribution in [-0.4, -0.2) is 20.6 Å². The van der Waals surface area contributed by atoms with Crippen LogP contribution < -0.4 is 11.1 Å². The molecule has 0 radical (unpaired) electrons. The molecular formula is C19H19BrN6S. The molecule has 0 amide bonds. The highest BCUT2D eigenvalue weighted by atomic mass is 79.9. The van der Waals surface area contributed by atoms with Crippen molar-refractivity contribution in [2.24, 2.45) is 5.10 Å². The molecule has 0 bridgehead atoms. The van der Waals surface area contributed by atoms with E-state index in [-0.39, 0.29) is 0 Å². The van der Waals surface area contributed by atoms with Gasteiger partial charge in [-0.3, -0.25) is 5.01 Å². The maximum atomic E-state index is 4.71. The van der Waals surface area contributed by atoms with Gasteiger partial charge in [0.15, 0.2) is 5.84 Å². The van der Waals surface area contributed by atoms with Gasteiger partial charge in [-0.05, 0) is 41.8 Å². The maximum Gasteiger partial charge on any atom is 0.177 e. The van der Waals surface area contributed by atoms with Gasteiger partial charge in [-0.25, -0.2) is 10.2 Å². The average Bonchev–Trinajstić information content (AvgIpc) is 3.30. The second kappa shape index (κ2) is 7.75. The monoisotopic (exact) mass is 442 g/mol.